The third-order valence-electron chi connectivity index (χ3n) is 1.89. The molecule has 4 N–H and O–H groups in total. The standard InChI is InChI=1S/C8H19BN2O3/c1-9(13)11-6-4-3-5-7(10)8(12)14-2/h7,11,13H,3-6,10H2,1-2H3. The summed E-state index contributed by atoms with van der Waals surface area (Å²) < 4.78 is 4.49. The van der Waals surface area contributed by atoms with E-state index in [9.17, 15) is 4.79 Å². The fourth-order valence-corrected chi connectivity index (χ4v) is 1.07. The SMILES string of the molecule is COC(=O)C(N)CCCCNB(C)O. The van der Waals surface area contributed by atoms with Gasteiger partial charge in [0.1, 0.15) is 6.04 Å². The van der Waals surface area contributed by atoms with Crippen molar-refractivity contribution in [2.45, 2.75) is 32.1 Å². The summed E-state index contributed by atoms with van der Waals surface area (Å²) in [6.07, 6.45) is 2.35. The van der Waals surface area contributed by atoms with Gasteiger partial charge in [-0.15, -0.1) is 0 Å². The molecular weight excluding hydrogens is 183 g/mol. The molecule has 0 aliphatic carbocycles. The maximum Gasteiger partial charge on any atom is 0.373 e. The second-order valence-corrected chi connectivity index (χ2v) is 3.26. The highest BCUT2D eigenvalue weighted by Crippen LogP contribution is 1.99. The van der Waals surface area contributed by atoms with Gasteiger partial charge in [-0.1, -0.05) is 6.42 Å². The molecule has 0 radical (unpaired) electrons. The lowest BCUT2D eigenvalue weighted by atomic mass is 9.89. The smallest absolute Gasteiger partial charge is 0.373 e. The molecule has 0 rings (SSSR count). The molecule has 0 aliphatic heterocycles. The van der Waals surface area contributed by atoms with Crippen LogP contribution >= 0.6 is 0 Å². The molecule has 0 fully saturated rings. The molecule has 0 aliphatic rings. The van der Waals surface area contributed by atoms with E-state index < -0.39 is 13.1 Å². The van der Waals surface area contributed by atoms with Gasteiger partial charge < -0.3 is 20.7 Å². The van der Waals surface area contributed by atoms with Crippen LogP contribution in [0.4, 0.5) is 0 Å². The minimum Gasteiger partial charge on any atom is -0.468 e. The zero-order valence-electron chi connectivity index (χ0n) is 8.82. The van der Waals surface area contributed by atoms with Crippen LogP contribution < -0.4 is 11.0 Å². The maximum atomic E-state index is 10.9. The topological polar surface area (TPSA) is 84.6 Å². The number of rotatable bonds is 7. The third-order valence-corrected chi connectivity index (χ3v) is 1.89. The van der Waals surface area contributed by atoms with Crippen LogP contribution in [0.25, 0.3) is 0 Å². The first kappa shape index (κ1) is 13.4. The molecule has 82 valence electrons. The number of nitrogens with one attached hydrogen (secondary N) is 1. The first-order valence-electron chi connectivity index (χ1n) is 4.82. The van der Waals surface area contributed by atoms with Crippen molar-refractivity contribution in [3.63, 3.8) is 0 Å². The van der Waals surface area contributed by atoms with Crippen molar-refractivity contribution in [3.8, 4) is 0 Å². The summed E-state index contributed by atoms with van der Waals surface area (Å²) in [7, 11) is 0.848. The minimum atomic E-state index is -0.522. The molecule has 0 saturated heterocycles. The average Bonchev–Trinajstić information content (AvgIpc) is 2.15. The lowest BCUT2D eigenvalue weighted by Crippen LogP contribution is -2.33. The molecule has 14 heavy (non-hydrogen) atoms. The summed E-state index contributed by atoms with van der Waals surface area (Å²) in [4.78, 5) is 10.9. The van der Waals surface area contributed by atoms with Gasteiger partial charge in [-0.25, -0.2) is 0 Å². The maximum absolute atomic E-state index is 10.9. The van der Waals surface area contributed by atoms with E-state index in [2.05, 4.69) is 9.96 Å². The Hall–Kier alpha value is -0.585. The number of unbranched alkanes of at least 4 members (excludes halogenated alkanes) is 1. The third kappa shape index (κ3) is 6.88. The van der Waals surface area contributed by atoms with Crippen molar-refractivity contribution in [2.24, 2.45) is 5.73 Å². The molecule has 0 amide bonds. The van der Waals surface area contributed by atoms with Gasteiger partial charge in [0.05, 0.1) is 7.11 Å². The molecule has 0 aromatic carbocycles. The summed E-state index contributed by atoms with van der Waals surface area (Å²) in [6.45, 7) is 2.39. The van der Waals surface area contributed by atoms with Gasteiger partial charge >= 0.3 is 13.0 Å². The number of methoxy groups -OCH3 is 1. The van der Waals surface area contributed by atoms with E-state index in [0.717, 1.165) is 19.4 Å². The summed E-state index contributed by atoms with van der Waals surface area (Å²) in [6, 6.07) is -0.522. The molecule has 1 atom stereocenters. The van der Waals surface area contributed by atoms with E-state index in [1.54, 1.807) is 6.82 Å². The highest BCUT2D eigenvalue weighted by Gasteiger charge is 2.12. The molecule has 0 heterocycles. The molecule has 0 aromatic heterocycles. The van der Waals surface area contributed by atoms with Crippen LogP contribution in [0.5, 0.6) is 0 Å². The Morgan fingerprint density at radius 1 is 1.64 bits per heavy atom. The van der Waals surface area contributed by atoms with Crippen LogP contribution in [0.2, 0.25) is 6.82 Å². The number of ether oxygens (including phenoxy) is 1. The monoisotopic (exact) mass is 202 g/mol. The highest BCUT2D eigenvalue weighted by molar-refractivity contribution is 6.45. The van der Waals surface area contributed by atoms with Crippen LogP contribution in [-0.4, -0.2) is 37.7 Å². The van der Waals surface area contributed by atoms with E-state index in [1.807, 2.05) is 0 Å². The van der Waals surface area contributed by atoms with Crippen LogP contribution in [0, 0.1) is 0 Å². The summed E-state index contributed by atoms with van der Waals surface area (Å²) in [5, 5.41) is 11.7. The van der Waals surface area contributed by atoms with Gasteiger partial charge in [-0.05, 0) is 26.2 Å². The Bertz CT molecular complexity index is 167. The number of nitrogens with two attached hydrogens (primary N) is 1. The summed E-state index contributed by atoms with van der Waals surface area (Å²) >= 11 is 0. The van der Waals surface area contributed by atoms with Gasteiger partial charge in [0.15, 0.2) is 0 Å². The Morgan fingerprint density at radius 2 is 2.29 bits per heavy atom. The Kier molecular flexibility index (Phi) is 7.46. The lowest BCUT2D eigenvalue weighted by molar-refractivity contribution is -0.142. The van der Waals surface area contributed by atoms with E-state index in [4.69, 9.17) is 10.8 Å². The average molecular weight is 202 g/mol. The zero-order chi connectivity index (χ0) is 11.0. The van der Waals surface area contributed by atoms with Gasteiger partial charge in [0.2, 0.25) is 0 Å². The van der Waals surface area contributed by atoms with Crippen molar-refractivity contribution < 1.29 is 14.6 Å². The summed E-state index contributed by atoms with van der Waals surface area (Å²) in [5.74, 6) is -0.367. The van der Waals surface area contributed by atoms with E-state index >= 15 is 0 Å². The quantitative estimate of drug-likeness (QED) is 0.290. The van der Waals surface area contributed by atoms with Crippen LogP contribution in [0.3, 0.4) is 0 Å². The predicted molar refractivity (Wildman–Crippen MR) is 55.7 cm³/mol. The van der Waals surface area contributed by atoms with Crippen molar-refractivity contribution in [3.05, 3.63) is 0 Å². The van der Waals surface area contributed by atoms with Gasteiger partial charge in [0, 0.05) is 0 Å². The molecule has 0 spiro atoms. The fourth-order valence-electron chi connectivity index (χ4n) is 1.07. The van der Waals surface area contributed by atoms with Crippen LogP contribution in [0.15, 0.2) is 0 Å². The van der Waals surface area contributed by atoms with Crippen LogP contribution in [-0.2, 0) is 9.53 Å². The van der Waals surface area contributed by atoms with Crippen molar-refractivity contribution in [1.29, 1.82) is 0 Å². The highest BCUT2D eigenvalue weighted by atomic mass is 16.5. The number of carbonyl (C=O) groups is 1. The molecule has 0 aromatic rings. The molecular formula is C8H19BN2O3. The number of hydrogen-bond acceptors (Lipinski definition) is 5. The van der Waals surface area contributed by atoms with Gasteiger partial charge in [-0.3, -0.25) is 4.79 Å². The fraction of sp³-hybridized carbons (Fsp3) is 0.875. The predicted octanol–water partition coefficient (Wildman–Crippen LogP) is -0.643. The Morgan fingerprint density at radius 3 is 2.79 bits per heavy atom. The number of esters is 1. The second kappa shape index (κ2) is 7.79. The normalized spacial score (nSPS) is 12.3. The molecule has 0 bridgehead atoms. The summed E-state index contributed by atoms with van der Waals surface area (Å²) in [5.41, 5.74) is 5.53. The molecule has 0 saturated carbocycles. The zero-order valence-corrected chi connectivity index (χ0v) is 8.82. The first-order valence-corrected chi connectivity index (χ1v) is 4.82. The Labute approximate surface area is 85.1 Å². The van der Waals surface area contributed by atoms with E-state index in [-0.39, 0.29) is 5.97 Å². The Balaban J connectivity index is 3.31. The largest absolute Gasteiger partial charge is 0.468 e. The van der Waals surface area contributed by atoms with Crippen molar-refractivity contribution in [2.75, 3.05) is 13.7 Å². The van der Waals surface area contributed by atoms with Gasteiger partial charge in [0.25, 0.3) is 0 Å². The first-order chi connectivity index (χ1) is 6.57. The number of carbonyl (C=O) groups excluding carboxylic acids is 1. The number of hydrogen-bond donors (Lipinski definition) is 3. The molecule has 6 heteroatoms. The molecule has 1 unspecified atom stereocenters. The van der Waals surface area contributed by atoms with Gasteiger partial charge in [-0.2, -0.15) is 0 Å². The van der Waals surface area contributed by atoms with Crippen LogP contribution in [0.1, 0.15) is 19.3 Å². The lowest BCUT2D eigenvalue weighted by Gasteiger charge is -2.09. The van der Waals surface area contributed by atoms with E-state index in [0.29, 0.717) is 6.42 Å². The van der Waals surface area contributed by atoms with E-state index in [1.165, 1.54) is 7.11 Å². The molecule has 5 nitrogen and oxygen atoms in total. The minimum absolute atomic E-state index is 0.367. The van der Waals surface area contributed by atoms with Crippen molar-refractivity contribution in [1.82, 2.24) is 5.23 Å². The second-order valence-electron chi connectivity index (χ2n) is 3.26. The van der Waals surface area contributed by atoms with Crippen molar-refractivity contribution >= 4 is 13.0 Å².